The Balaban J connectivity index is 1.59. The topological polar surface area (TPSA) is 95.1 Å². The number of aromatic hydroxyl groups is 1. The first kappa shape index (κ1) is 15.7. The quantitative estimate of drug-likeness (QED) is 0.629. The summed E-state index contributed by atoms with van der Waals surface area (Å²) in [6, 6.07) is 13.7. The molecule has 0 unspecified atom stereocenters. The molecule has 0 radical (unpaired) electrons. The van der Waals surface area contributed by atoms with E-state index in [1.165, 1.54) is 6.07 Å². The maximum Gasteiger partial charge on any atom is 0.258 e. The summed E-state index contributed by atoms with van der Waals surface area (Å²) in [5.41, 5.74) is 0.865. The fourth-order valence-electron chi connectivity index (χ4n) is 2.46. The van der Waals surface area contributed by atoms with E-state index in [4.69, 9.17) is 0 Å². The van der Waals surface area contributed by atoms with Crippen molar-refractivity contribution >= 4 is 22.5 Å². The molecular formula is C18H17N3O3. The monoisotopic (exact) mass is 323 g/mol. The molecule has 0 spiro atoms. The molecule has 6 heteroatoms. The highest BCUT2D eigenvalue weighted by atomic mass is 16.3. The van der Waals surface area contributed by atoms with Gasteiger partial charge in [0.2, 0.25) is 5.91 Å². The zero-order valence-electron chi connectivity index (χ0n) is 13.0. The molecular weight excluding hydrogens is 306 g/mol. The summed E-state index contributed by atoms with van der Waals surface area (Å²) in [4.78, 5) is 31.0. The number of hydrogen-bond acceptors (Lipinski definition) is 4. The number of rotatable bonds is 5. The number of anilines is 1. The second-order valence-corrected chi connectivity index (χ2v) is 5.45. The number of amides is 1. The number of hydrogen-bond donors (Lipinski definition) is 3. The summed E-state index contributed by atoms with van der Waals surface area (Å²) in [6.07, 6.45) is 1.31. The Morgan fingerprint density at radius 2 is 1.88 bits per heavy atom. The van der Waals surface area contributed by atoms with Crippen molar-refractivity contribution in [1.82, 2.24) is 9.97 Å². The predicted molar refractivity (Wildman–Crippen MR) is 92.0 cm³/mol. The molecule has 0 bridgehead atoms. The lowest BCUT2D eigenvalue weighted by molar-refractivity contribution is -0.116. The molecule has 122 valence electrons. The zero-order chi connectivity index (χ0) is 16.9. The van der Waals surface area contributed by atoms with Crippen LogP contribution >= 0.6 is 0 Å². The molecule has 0 aliphatic heterocycles. The van der Waals surface area contributed by atoms with Crippen LogP contribution in [0.2, 0.25) is 0 Å². The molecule has 3 aromatic rings. The van der Waals surface area contributed by atoms with Gasteiger partial charge in [0, 0.05) is 12.8 Å². The third kappa shape index (κ3) is 3.60. The molecule has 2 aromatic carbocycles. The molecule has 0 aliphatic rings. The molecule has 3 N–H and O–H groups in total. The van der Waals surface area contributed by atoms with E-state index in [0.29, 0.717) is 35.3 Å². The molecule has 0 saturated heterocycles. The van der Waals surface area contributed by atoms with Gasteiger partial charge in [-0.1, -0.05) is 24.3 Å². The van der Waals surface area contributed by atoms with Gasteiger partial charge in [0.15, 0.2) is 0 Å². The van der Waals surface area contributed by atoms with Crippen molar-refractivity contribution in [2.24, 2.45) is 0 Å². The average molecular weight is 323 g/mol. The van der Waals surface area contributed by atoms with Gasteiger partial charge in [-0.15, -0.1) is 0 Å². The van der Waals surface area contributed by atoms with Crippen LogP contribution in [0.15, 0.2) is 53.3 Å². The number of nitrogens with zero attached hydrogens (tertiary/aromatic N) is 1. The van der Waals surface area contributed by atoms with E-state index < -0.39 is 0 Å². The molecule has 0 aliphatic carbocycles. The van der Waals surface area contributed by atoms with E-state index in [1.54, 1.807) is 36.4 Å². The van der Waals surface area contributed by atoms with Crippen LogP contribution in [0.5, 0.6) is 5.75 Å². The number of benzene rings is 2. The summed E-state index contributed by atoms with van der Waals surface area (Å²) in [5, 5.41) is 12.8. The summed E-state index contributed by atoms with van der Waals surface area (Å²) >= 11 is 0. The van der Waals surface area contributed by atoms with Gasteiger partial charge < -0.3 is 15.4 Å². The van der Waals surface area contributed by atoms with E-state index in [2.05, 4.69) is 15.3 Å². The fourth-order valence-corrected chi connectivity index (χ4v) is 2.46. The summed E-state index contributed by atoms with van der Waals surface area (Å²) in [7, 11) is 0. The maximum absolute atomic E-state index is 12.0. The number of carbonyl (C=O) groups is 1. The van der Waals surface area contributed by atoms with E-state index in [0.717, 1.165) is 0 Å². The summed E-state index contributed by atoms with van der Waals surface area (Å²) in [6.45, 7) is 0. The number of phenolic OH excluding ortho intramolecular Hbond substituents is 1. The number of aromatic nitrogens is 2. The van der Waals surface area contributed by atoms with Gasteiger partial charge in [0.05, 0.1) is 16.6 Å². The molecule has 1 heterocycles. The largest absolute Gasteiger partial charge is 0.506 e. The highest BCUT2D eigenvalue weighted by molar-refractivity contribution is 5.92. The zero-order valence-corrected chi connectivity index (χ0v) is 13.0. The smallest absolute Gasteiger partial charge is 0.258 e. The second kappa shape index (κ2) is 6.95. The first-order valence-electron chi connectivity index (χ1n) is 7.69. The van der Waals surface area contributed by atoms with Crippen molar-refractivity contribution in [3.8, 4) is 5.75 Å². The van der Waals surface area contributed by atoms with Gasteiger partial charge in [0.25, 0.3) is 5.56 Å². The van der Waals surface area contributed by atoms with Crippen LogP contribution in [-0.4, -0.2) is 21.0 Å². The predicted octanol–water partition coefficient (Wildman–Crippen LogP) is 2.59. The Bertz CT molecular complexity index is 934. The van der Waals surface area contributed by atoms with Crippen LogP contribution in [0, 0.1) is 0 Å². The first-order valence-corrected chi connectivity index (χ1v) is 7.69. The molecule has 0 atom stereocenters. The van der Waals surface area contributed by atoms with Gasteiger partial charge in [-0.05, 0) is 30.7 Å². The Morgan fingerprint density at radius 3 is 2.71 bits per heavy atom. The van der Waals surface area contributed by atoms with Crippen molar-refractivity contribution in [3.05, 3.63) is 64.7 Å². The lowest BCUT2D eigenvalue weighted by Crippen LogP contribution is -2.14. The number of nitrogens with one attached hydrogen (secondary N) is 2. The van der Waals surface area contributed by atoms with Gasteiger partial charge in [-0.3, -0.25) is 9.59 Å². The molecule has 3 rings (SSSR count). The number of fused-ring (bicyclic) bond motifs is 1. The van der Waals surface area contributed by atoms with Crippen LogP contribution < -0.4 is 10.9 Å². The van der Waals surface area contributed by atoms with Crippen molar-refractivity contribution in [3.63, 3.8) is 0 Å². The van der Waals surface area contributed by atoms with Crippen LogP contribution in [0.1, 0.15) is 18.7 Å². The molecule has 24 heavy (non-hydrogen) atoms. The summed E-state index contributed by atoms with van der Waals surface area (Å²) in [5.74, 6) is 0.403. The lowest BCUT2D eigenvalue weighted by Gasteiger charge is -2.07. The molecule has 0 fully saturated rings. The minimum atomic E-state index is -0.195. The van der Waals surface area contributed by atoms with Crippen molar-refractivity contribution in [2.75, 3.05) is 5.32 Å². The number of para-hydroxylation sites is 3. The number of carbonyl (C=O) groups excluding carboxylic acids is 1. The normalized spacial score (nSPS) is 10.7. The van der Waals surface area contributed by atoms with E-state index in [1.807, 2.05) is 6.07 Å². The van der Waals surface area contributed by atoms with Gasteiger partial charge in [-0.2, -0.15) is 0 Å². The highest BCUT2D eigenvalue weighted by Gasteiger charge is 2.07. The van der Waals surface area contributed by atoms with Gasteiger partial charge in [0.1, 0.15) is 11.6 Å². The van der Waals surface area contributed by atoms with Crippen molar-refractivity contribution < 1.29 is 9.90 Å². The van der Waals surface area contributed by atoms with Gasteiger partial charge >= 0.3 is 0 Å². The summed E-state index contributed by atoms with van der Waals surface area (Å²) < 4.78 is 0. The molecule has 6 nitrogen and oxygen atoms in total. The number of aromatic amines is 1. The van der Waals surface area contributed by atoms with E-state index in [-0.39, 0.29) is 23.6 Å². The van der Waals surface area contributed by atoms with Crippen LogP contribution in [0.3, 0.4) is 0 Å². The van der Waals surface area contributed by atoms with Crippen molar-refractivity contribution in [1.29, 1.82) is 0 Å². The standard InChI is InChI=1S/C18H17N3O3/c22-15-9-4-3-8-14(15)20-17(23)11-5-10-16-19-13-7-2-1-6-12(13)18(24)21-16/h1-4,6-9,22H,5,10-11H2,(H,20,23)(H,19,21,24). The number of H-pyrrole nitrogens is 1. The van der Waals surface area contributed by atoms with E-state index in [9.17, 15) is 14.7 Å². The second-order valence-electron chi connectivity index (χ2n) is 5.45. The minimum absolute atomic E-state index is 0.0337. The Hall–Kier alpha value is -3.15. The SMILES string of the molecule is O=C(CCCc1nc2ccccc2c(=O)[nH]1)Nc1ccccc1O. The number of phenols is 1. The van der Waals surface area contributed by atoms with Crippen LogP contribution in [0.4, 0.5) is 5.69 Å². The number of aryl methyl sites for hydroxylation is 1. The molecule has 1 aromatic heterocycles. The van der Waals surface area contributed by atoms with Crippen LogP contribution in [-0.2, 0) is 11.2 Å². The first-order chi connectivity index (χ1) is 11.6. The molecule has 1 amide bonds. The lowest BCUT2D eigenvalue weighted by atomic mass is 10.2. The Morgan fingerprint density at radius 1 is 1.12 bits per heavy atom. The third-order valence-corrected chi connectivity index (χ3v) is 3.66. The van der Waals surface area contributed by atoms with Gasteiger partial charge in [-0.25, -0.2) is 4.98 Å². The highest BCUT2D eigenvalue weighted by Crippen LogP contribution is 2.21. The van der Waals surface area contributed by atoms with Crippen LogP contribution in [0.25, 0.3) is 10.9 Å². The third-order valence-electron chi connectivity index (χ3n) is 3.66. The molecule has 0 saturated carbocycles. The van der Waals surface area contributed by atoms with Crippen molar-refractivity contribution in [2.45, 2.75) is 19.3 Å². The minimum Gasteiger partial charge on any atom is -0.506 e. The average Bonchev–Trinajstić information content (AvgIpc) is 2.57. The van der Waals surface area contributed by atoms with E-state index >= 15 is 0 Å². The Labute approximate surface area is 138 Å². The maximum atomic E-state index is 12.0. The fraction of sp³-hybridized carbons (Fsp3) is 0.167. The Kier molecular flexibility index (Phi) is 4.56.